The fourth-order valence-electron chi connectivity index (χ4n) is 3.31. The Morgan fingerprint density at radius 2 is 2.04 bits per heavy atom. The minimum atomic E-state index is 0.0569. The molecule has 2 N–H and O–H groups in total. The number of pyridine rings is 1. The molecule has 1 aliphatic heterocycles. The number of hydrogen-bond donors (Lipinski definition) is 2. The lowest BCUT2D eigenvalue weighted by atomic mass is 10.1. The molecule has 0 bridgehead atoms. The van der Waals surface area contributed by atoms with E-state index in [9.17, 15) is 5.11 Å². The second-order valence-electron chi connectivity index (χ2n) is 6.63. The maximum absolute atomic E-state index is 10.4. The lowest BCUT2D eigenvalue weighted by Crippen LogP contribution is -2.41. The number of aromatic nitrogens is 6. The van der Waals surface area contributed by atoms with Crippen LogP contribution < -0.4 is 10.2 Å². The van der Waals surface area contributed by atoms with Crippen LogP contribution in [0.4, 0.5) is 5.13 Å². The molecule has 9 nitrogen and oxygen atoms in total. The van der Waals surface area contributed by atoms with Crippen LogP contribution in [0.1, 0.15) is 12.8 Å². The van der Waals surface area contributed by atoms with Gasteiger partial charge in [0, 0.05) is 19.2 Å². The zero-order chi connectivity index (χ0) is 19.1. The Kier molecular flexibility index (Phi) is 4.41. The highest BCUT2D eigenvalue weighted by molar-refractivity contribution is 7.29. The molecular weight excluding hydrogens is 396 g/mol. The Morgan fingerprint density at radius 3 is 2.75 bits per heavy atom. The van der Waals surface area contributed by atoms with Crippen molar-refractivity contribution in [3.8, 4) is 22.1 Å². The number of nitrogens with zero attached hydrogens (tertiary/aromatic N) is 7. The van der Waals surface area contributed by atoms with Crippen molar-refractivity contribution in [2.45, 2.75) is 18.9 Å². The first kappa shape index (κ1) is 17.5. The Morgan fingerprint density at radius 1 is 1.21 bits per heavy atom. The minimum absolute atomic E-state index is 0.0569. The maximum Gasteiger partial charge on any atom is 0.188 e. The molecule has 0 aliphatic carbocycles. The van der Waals surface area contributed by atoms with E-state index in [1.54, 1.807) is 40.7 Å². The quantitative estimate of drug-likeness (QED) is 0.524. The monoisotopic (exact) mass is 414 g/mol. The first-order chi connectivity index (χ1) is 13.7. The van der Waals surface area contributed by atoms with Gasteiger partial charge in [-0.2, -0.15) is 0 Å². The van der Waals surface area contributed by atoms with E-state index >= 15 is 0 Å². The van der Waals surface area contributed by atoms with Gasteiger partial charge in [-0.1, -0.05) is 27.9 Å². The van der Waals surface area contributed by atoms with E-state index in [2.05, 4.69) is 37.5 Å². The van der Waals surface area contributed by atoms with Gasteiger partial charge in [-0.3, -0.25) is 0 Å². The lowest BCUT2D eigenvalue weighted by molar-refractivity contribution is 0.443. The molecule has 28 heavy (non-hydrogen) atoms. The highest BCUT2D eigenvalue weighted by Crippen LogP contribution is 2.38. The van der Waals surface area contributed by atoms with Gasteiger partial charge in [-0.05, 0) is 25.9 Å². The van der Waals surface area contributed by atoms with Crippen molar-refractivity contribution < 1.29 is 5.11 Å². The van der Waals surface area contributed by atoms with Crippen molar-refractivity contribution in [2.75, 3.05) is 25.0 Å². The third kappa shape index (κ3) is 3.11. The molecule has 4 aromatic rings. The van der Waals surface area contributed by atoms with Gasteiger partial charge in [-0.25, -0.2) is 19.6 Å². The molecule has 144 valence electrons. The van der Waals surface area contributed by atoms with Crippen molar-refractivity contribution >= 4 is 37.5 Å². The number of hydrogen-bond acceptors (Lipinski definition) is 10. The summed E-state index contributed by atoms with van der Waals surface area (Å²) in [5.74, 6) is 0.0569. The van der Waals surface area contributed by atoms with Crippen LogP contribution in [0.25, 0.3) is 26.0 Å². The van der Waals surface area contributed by atoms with Crippen LogP contribution in [0.3, 0.4) is 0 Å². The largest absolute Gasteiger partial charge is 0.505 e. The van der Waals surface area contributed by atoms with Crippen LogP contribution in [0, 0.1) is 0 Å². The molecule has 5 heterocycles. The van der Waals surface area contributed by atoms with E-state index in [4.69, 9.17) is 4.98 Å². The molecule has 1 fully saturated rings. The minimum Gasteiger partial charge on any atom is -0.505 e. The summed E-state index contributed by atoms with van der Waals surface area (Å²) in [6, 6.07) is 2.12. The van der Waals surface area contributed by atoms with Gasteiger partial charge < -0.3 is 15.3 Å². The van der Waals surface area contributed by atoms with Gasteiger partial charge in [0.1, 0.15) is 16.5 Å². The summed E-state index contributed by atoms with van der Waals surface area (Å²) in [5.41, 5.74) is 1.09. The van der Waals surface area contributed by atoms with Crippen LogP contribution in [0.15, 0.2) is 24.7 Å². The van der Waals surface area contributed by atoms with E-state index in [-0.39, 0.29) is 5.75 Å². The fraction of sp³-hybridized carbons (Fsp3) is 0.353. The van der Waals surface area contributed by atoms with Crippen molar-refractivity contribution in [3.05, 3.63) is 24.7 Å². The second-order valence-corrected chi connectivity index (χ2v) is 8.56. The van der Waals surface area contributed by atoms with Gasteiger partial charge in [0.2, 0.25) is 0 Å². The molecule has 0 atom stereocenters. The Labute approximate surface area is 168 Å². The molecule has 0 unspecified atom stereocenters. The van der Waals surface area contributed by atoms with Gasteiger partial charge >= 0.3 is 0 Å². The predicted molar refractivity (Wildman–Crippen MR) is 109 cm³/mol. The van der Waals surface area contributed by atoms with Crippen molar-refractivity contribution in [2.24, 2.45) is 0 Å². The molecule has 4 aromatic heterocycles. The summed E-state index contributed by atoms with van der Waals surface area (Å²) in [4.78, 5) is 17.8. The third-order valence-electron chi connectivity index (χ3n) is 4.87. The highest BCUT2D eigenvalue weighted by Gasteiger charge is 2.22. The van der Waals surface area contributed by atoms with Gasteiger partial charge in [0.25, 0.3) is 0 Å². The zero-order valence-electron chi connectivity index (χ0n) is 15.1. The average Bonchev–Trinajstić information content (AvgIpc) is 3.44. The van der Waals surface area contributed by atoms with E-state index in [0.29, 0.717) is 22.4 Å². The molecular formula is C17H18N8OS2. The number of aromatic hydroxyl groups is 1. The topological polar surface area (TPSA) is 105 Å². The summed E-state index contributed by atoms with van der Waals surface area (Å²) in [5, 5.41) is 23.1. The van der Waals surface area contributed by atoms with E-state index < -0.39 is 0 Å². The van der Waals surface area contributed by atoms with Crippen LogP contribution in [0.2, 0.25) is 0 Å². The third-order valence-corrected chi connectivity index (χ3v) is 6.99. The van der Waals surface area contributed by atoms with Crippen molar-refractivity contribution in [1.82, 2.24) is 35.3 Å². The molecule has 1 aliphatic rings. The normalized spacial score (nSPS) is 15.3. The van der Waals surface area contributed by atoms with Crippen LogP contribution >= 0.6 is 22.7 Å². The fourth-order valence-corrected chi connectivity index (χ4v) is 5.39. The number of fused-ring (bicyclic) bond motifs is 1. The van der Waals surface area contributed by atoms with Gasteiger partial charge in [0.05, 0.1) is 24.3 Å². The Bertz CT molecular complexity index is 1070. The highest BCUT2D eigenvalue weighted by atomic mass is 32.1. The van der Waals surface area contributed by atoms with E-state index in [0.717, 1.165) is 40.7 Å². The molecule has 0 saturated carbocycles. The summed E-state index contributed by atoms with van der Waals surface area (Å²) >= 11 is 3.03. The molecule has 0 aromatic carbocycles. The Balaban J connectivity index is 1.42. The van der Waals surface area contributed by atoms with E-state index in [1.165, 1.54) is 11.3 Å². The summed E-state index contributed by atoms with van der Waals surface area (Å²) < 4.78 is 1.54. The lowest BCUT2D eigenvalue weighted by Gasteiger charge is -2.31. The van der Waals surface area contributed by atoms with Crippen molar-refractivity contribution in [3.63, 3.8) is 0 Å². The first-order valence-electron chi connectivity index (χ1n) is 8.96. The number of rotatable bonds is 4. The predicted octanol–water partition coefficient (Wildman–Crippen LogP) is 2.29. The average molecular weight is 415 g/mol. The Hall–Kier alpha value is -2.63. The number of nitrogens with one attached hydrogen (secondary N) is 1. The van der Waals surface area contributed by atoms with Gasteiger partial charge in [-0.15, -0.1) is 5.10 Å². The molecule has 1 saturated heterocycles. The number of piperidine rings is 1. The number of anilines is 1. The number of thiazole rings is 2. The first-order valence-corrected chi connectivity index (χ1v) is 10.6. The van der Waals surface area contributed by atoms with Crippen molar-refractivity contribution in [1.29, 1.82) is 0 Å². The summed E-state index contributed by atoms with van der Waals surface area (Å²) in [6.45, 7) is 2.10. The SMILES string of the molecule is CN(c1nc2sc(-c3ncc(-n4ccnn4)cc3O)nc2s1)C1CCNCC1. The van der Waals surface area contributed by atoms with Gasteiger partial charge in [0.15, 0.2) is 14.8 Å². The standard InChI is InChI=1S/C17H18N8OS2/c1-24(10-2-4-18-5-3-10)17-22-16-15(28-17)21-14(27-16)13-12(26)8-11(9-19-13)25-7-6-20-23-25/h6-10,18,26H,2-5H2,1H3. The summed E-state index contributed by atoms with van der Waals surface area (Å²) in [7, 11) is 2.11. The zero-order valence-corrected chi connectivity index (χ0v) is 16.7. The summed E-state index contributed by atoms with van der Waals surface area (Å²) in [6.07, 6.45) is 7.16. The molecule has 0 radical (unpaired) electrons. The molecule has 0 spiro atoms. The smallest absolute Gasteiger partial charge is 0.188 e. The molecule has 5 rings (SSSR count). The molecule has 0 amide bonds. The van der Waals surface area contributed by atoms with Crippen LogP contribution in [-0.4, -0.2) is 61.2 Å². The van der Waals surface area contributed by atoms with Crippen LogP contribution in [0.5, 0.6) is 5.75 Å². The van der Waals surface area contributed by atoms with Crippen LogP contribution in [-0.2, 0) is 0 Å². The molecule has 11 heteroatoms. The maximum atomic E-state index is 10.4. The second kappa shape index (κ2) is 7.08. The van der Waals surface area contributed by atoms with E-state index in [1.807, 2.05) is 0 Å².